The van der Waals surface area contributed by atoms with Gasteiger partial charge in [0, 0.05) is 19.5 Å². The van der Waals surface area contributed by atoms with Crippen LogP contribution in [0.1, 0.15) is 13.3 Å². The van der Waals surface area contributed by atoms with Gasteiger partial charge in [-0.2, -0.15) is 0 Å². The van der Waals surface area contributed by atoms with E-state index in [0.29, 0.717) is 6.54 Å². The van der Waals surface area contributed by atoms with Gasteiger partial charge in [-0.05, 0) is 6.92 Å². The van der Waals surface area contributed by atoms with E-state index < -0.39 is 29.5 Å². The zero-order valence-electron chi connectivity index (χ0n) is 11.9. The van der Waals surface area contributed by atoms with Crippen molar-refractivity contribution in [2.24, 2.45) is 11.8 Å². The lowest BCUT2D eigenvalue weighted by molar-refractivity contribution is -0.148. The van der Waals surface area contributed by atoms with Crippen molar-refractivity contribution in [1.82, 2.24) is 10.2 Å². The molecular formula is C14H18N2O5. The van der Waals surface area contributed by atoms with Crippen molar-refractivity contribution in [2.75, 3.05) is 13.6 Å². The molecule has 5 unspecified atom stereocenters. The van der Waals surface area contributed by atoms with E-state index in [2.05, 4.69) is 5.32 Å². The third-order valence-corrected chi connectivity index (χ3v) is 4.71. The van der Waals surface area contributed by atoms with E-state index in [0.717, 1.165) is 0 Å². The molecule has 2 saturated heterocycles. The maximum Gasteiger partial charge on any atom is 0.310 e. The van der Waals surface area contributed by atoms with E-state index in [9.17, 15) is 19.5 Å². The smallest absolute Gasteiger partial charge is 0.310 e. The van der Waals surface area contributed by atoms with E-state index >= 15 is 0 Å². The summed E-state index contributed by atoms with van der Waals surface area (Å²) in [6, 6.07) is -0.289. The number of carboxylic acid groups (broad SMARTS) is 1. The van der Waals surface area contributed by atoms with Crippen LogP contribution in [0.4, 0.5) is 0 Å². The van der Waals surface area contributed by atoms with Gasteiger partial charge in [0.25, 0.3) is 0 Å². The van der Waals surface area contributed by atoms with Crippen LogP contribution in [0.25, 0.3) is 0 Å². The summed E-state index contributed by atoms with van der Waals surface area (Å²) in [6.45, 7) is 2.10. The first kappa shape index (κ1) is 14.1. The minimum Gasteiger partial charge on any atom is -0.481 e. The number of nitrogens with one attached hydrogen (secondary N) is 1. The van der Waals surface area contributed by atoms with Crippen LogP contribution in [-0.4, -0.2) is 59.1 Å². The Bertz CT molecular complexity index is 545. The van der Waals surface area contributed by atoms with Gasteiger partial charge in [-0.15, -0.1) is 0 Å². The van der Waals surface area contributed by atoms with Crippen molar-refractivity contribution in [2.45, 2.75) is 31.1 Å². The summed E-state index contributed by atoms with van der Waals surface area (Å²) in [5.41, 5.74) is -0.832. The molecule has 7 heteroatoms. The molecule has 3 aliphatic rings. The van der Waals surface area contributed by atoms with Crippen molar-refractivity contribution in [3.8, 4) is 0 Å². The molecule has 2 fully saturated rings. The van der Waals surface area contributed by atoms with Gasteiger partial charge in [0.1, 0.15) is 11.5 Å². The highest BCUT2D eigenvalue weighted by molar-refractivity contribution is 5.91. The maximum absolute atomic E-state index is 12.6. The van der Waals surface area contributed by atoms with Gasteiger partial charge in [0.15, 0.2) is 0 Å². The SMILES string of the molecule is CNC(=O)CC(C)N1CC23C=CC(O2)C(C(=O)O)C3C1=O. The highest BCUT2D eigenvalue weighted by Crippen LogP contribution is 2.52. The van der Waals surface area contributed by atoms with Gasteiger partial charge in [-0.25, -0.2) is 0 Å². The van der Waals surface area contributed by atoms with Crippen LogP contribution in [0, 0.1) is 11.8 Å². The van der Waals surface area contributed by atoms with E-state index in [4.69, 9.17) is 4.74 Å². The van der Waals surface area contributed by atoms with Crippen LogP contribution >= 0.6 is 0 Å². The van der Waals surface area contributed by atoms with Crippen LogP contribution in [0.3, 0.4) is 0 Å². The van der Waals surface area contributed by atoms with Crippen LogP contribution in [0.15, 0.2) is 12.2 Å². The summed E-state index contributed by atoms with van der Waals surface area (Å²) in [5.74, 6) is -2.91. The largest absolute Gasteiger partial charge is 0.481 e. The van der Waals surface area contributed by atoms with E-state index in [1.54, 1.807) is 24.9 Å². The second kappa shape index (κ2) is 4.56. The highest BCUT2D eigenvalue weighted by Gasteiger charge is 2.67. The zero-order chi connectivity index (χ0) is 15.4. The normalized spacial score (nSPS) is 37.7. The van der Waals surface area contributed by atoms with Crippen LogP contribution in [0.2, 0.25) is 0 Å². The van der Waals surface area contributed by atoms with Crippen molar-refractivity contribution < 1.29 is 24.2 Å². The molecule has 21 heavy (non-hydrogen) atoms. The van der Waals surface area contributed by atoms with Crippen molar-refractivity contribution in [3.05, 3.63) is 12.2 Å². The molecule has 0 aromatic heterocycles. The van der Waals surface area contributed by atoms with E-state index in [-0.39, 0.29) is 24.3 Å². The number of carbonyl (C=O) groups excluding carboxylic acids is 2. The fourth-order valence-corrected chi connectivity index (χ4v) is 3.66. The molecule has 114 valence electrons. The van der Waals surface area contributed by atoms with Crippen LogP contribution in [-0.2, 0) is 19.1 Å². The number of hydrogen-bond acceptors (Lipinski definition) is 4. The lowest BCUT2D eigenvalue weighted by Crippen LogP contribution is -2.42. The fraction of sp³-hybridized carbons (Fsp3) is 0.643. The third kappa shape index (κ3) is 1.87. The number of likely N-dealkylation sites (tertiary alicyclic amines) is 1. The average Bonchev–Trinajstić information content (AvgIpc) is 3.06. The van der Waals surface area contributed by atoms with Gasteiger partial charge >= 0.3 is 5.97 Å². The minimum absolute atomic E-state index is 0.152. The molecule has 7 nitrogen and oxygen atoms in total. The molecule has 3 aliphatic heterocycles. The minimum atomic E-state index is -1.01. The molecule has 3 rings (SSSR count). The van der Waals surface area contributed by atoms with Crippen molar-refractivity contribution >= 4 is 17.8 Å². The van der Waals surface area contributed by atoms with E-state index in [1.807, 2.05) is 6.08 Å². The number of nitrogens with zero attached hydrogens (tertiary/aromatic N) is 1. The second-order valence-corrected chi connectivity index (χ2v) is 5.93. The van der Waals surface area contributed by atoms with Crippen LogP contribution in [0.5, 0.6) is 0 Å². The lowest BCUT2D eigenvalue weighted by Gasteiger charge is -2.26. The Balaban J connectivity index is 1.84. The molecule has 5 atom stereocenters. The Morgan fingerprint density at radius 2 is 2.33 bits per heavy atom. The van der Waals surface area contributed by atoms with Gasteiger partial charge < -0.3 is 20.1 Å². The predicted molar refractivity (Wildman–Crippen MR) is 71.2 cm³/mol. The molecule has 0 aromatic rings. The molecule has 0 saturated carbocycles. The first-order chi connectivity index (χ1) is 9.89. The summed E-state index contributed by atoms with van der Waals surface area (Å²) in [4.78, 5) is 37.1. The standard InChI is InChI=1S/C14H18N2O5/c1-7(5-9(17)15-2)16-6-14-4-3-8(21-14)10(13(19)20)11(14)12(16)18/h3-4,7-8,10-11H,5-6H2,1-2H3,(H,15,17)(H,19,20). The quantitative estimate of drug-likeness (QED) is 0.674. The molecule has 2 amide bonds. The number of amides is 2. The van der Waals surface area contributed by atoms with Gasteiger partial charge in [0.05, 0.1) is 18.6 Å². The van der Waals surface area contributed by atoms with Crippen LogP contribution < -0.4 is 5.32 Å². The predicted octanol–water partition coefficient (Wildman–Crippen LogP) is -0.622. The van der Waals surface area contributed by atoms with Gasteiger partial charge in [-0.1, -0.05) is 12.2 Å². The third-order valence-electron chi connectivity index (χ3n) is 4.71. The van der Waals surface area contributed by atoms with Gasteiger partial charge in [0.2, 0.25) is 11.8 Å². The Morgan fingerprint density at radius 1 is 1.62 bits per heavy atom. The molecule has 2 bridgehead atoms. The molecule has 2 N–H and O–H groups in total. The number of ether oxygens (including phenoxy) is 1. The zero-order valence-corrected chi connectivity index (χ0v) is 11.9. The molecular weight excluding hydrogens is 276 g/mol. The molecule has 3 heterocycles. The second-order valence-electron chi connectivity index (χ2n) is 5.93. The Kier molecular flexibility index (Phi) is 3.05. The van der Waals surface area contributed by atoms with Crippen molar-refractivity contribution in [1.29, 1.82) is 0 Å². The summed E-state index contributed by atoms with van der Waals surface area (Å²) in [5, 5.41) is 11.9. The Morgan fingerprint density at radius 3 is 2.95 bits per heavy atom. The molecule has 1 spiro atoms. The monoisotopic (exact) mass is 294 g/mol. The summed E-state index contributed by atoms with van der Waals surface area (Å²) in [6.07, 6.45) is 3.21. The number of aliphatic carboxylic acids is 1. The molecule has 0 radical (unpaired) electrons. The summed E-state index contributed by atoms with van der Waals surface area (Å²) < 4.78 is 5.78. The highest BCUT2D eigenvalue weighted by atomic mass is 16.5. The number of carboxylic acids is 1. The van der Waals surface area contributed by atoms with Crippen molar-refractivity contribution in [3.63, 3.8) is 0 Å². The first-order valence-electron chi connectivity index (χ1n) is 7.00. The van der Waals surface area contributed by atoms with E-state index in [1.165, 1.54) is 0 Å². The maximum atomic E-state index is 12.6. The fourth-order valence-electron chi connectivity index (χ4n) is 3.66. The first-order valence-corrected chi connectivity index (χ1v) is 7.00. The average molecular weight is 294 g/mol. The lowest BCUT2D eigenvalue weighted by atomic mass is 9.77. The summed E-state index contributed by atoms with van der Waals surface area (Å²) in [7, 11) is 1.54. The Hall–Kier alpha value is -1.89. The molecule has 0 aliphatic carbocycles. The topological polar surface area (TPSA) is 95.9 Å². The van der Waals surface area contributed by atoms with Gasteiger partial charge in [-0.3, -0.25) is 14.4 Å². The summed E-state index contributed by atoms with van der Waals surface area (Å²) >= 11 is 0. The Labute approximate surface area is 121 Å². The number of carbonyl (C=O) groups is 3. The number of rotatable bonds is 4. The number of fused-ring (bicyclic) bond motifs is 1. The number of hydrogen-bond donors (Lipinski definition) is 2. The molecule has 0 aromatic carbocycles.